The average Bonchev–Trinajstić information content (AvgIpc) is 3.21. The Morgan fingerprint density at radius 1 is 0.365 bits per heavy atom. The normalized spacial score (nSPS) is 12.2. The highest BCUT2D eigenvalue weighted by molar-refractivity contribution is 6.31. The molecule has 0 amide bonds. The van der Waals surface area contributed by atoms with Crippen molar-refractivity contribution in [3.05, 3.63) is 158 Å². The van der Waals surface area contributed by atoms with E-state index in [9.17, 15) is 0 Å². The first kappa shape index (κ1) is 27.7. The van der Waals surface area contributed by atoms with Crippen LogP contribution in [0.25, 0.3) is 114 Å². The maximum atomic E-state index is 5.29. The molecule has 0 radical (unpaired) electrons. The van der Waals surface area contributed by atoms with Gasteiger partial charge in [-0.15, -0.1) is 0 Å². The van der Waals surface area contributed by atoms with Crippen LogP contribution in [0.1, 0.15) is 0 Å². The van der Waals surface area contributed by atoms with Gasteiger partial charge in [0.1, 0.15) is 11.0 Å². The van der Waals surface area contributed by atoms with Crippen LogP contribution in [0.4, 0.5) is 0 Å². The van der Waals surface area contributed by atoms with Crippen LogP contribution in [0.15, 0.2) is 158 Å². The number of hydrogen-bond acceptors (Lipinski definition) is 4. The smallest absolute Gasteiger partial charge is 0.245 e. The molecule has 3 heterocycles. The van der Waals surface area contributed by atoms with Crippen LogP contribution in [0.5, 0.6) is 0 Å². The van der Waals surface area contributed by atoms with Crippen LogP contribution in [-0.2, 0) is 0 Å². The zero-order chi connectivity index (χ0) is 33.9. The van der Waals surface area contributed by atoms with Gasteiger partial charge in [0.25, 0.3) is 0 Å². The van der Waals surface area contributed by atoms with Crippen molar-refractivity contribution in [1.82, 2.24) is 19.9 Å². The SMILES string of the molecule is c1ccc2cc3c(cc2c1)c1ncc[n+](-c2ccc4nc5c(cc4c2)c2c4ccccc4ccc2c2nccnc25)c1c1ccc2ccccc2c31. The molecule has 5 heteroatoms. The summed E-state index contributed by atoms with van der Waals surface area (Å²) < 4.78 is 2.30. The number of fused-ring (bicyclic) bond motifs is 18. The van der Waals surface area contributed by atoms with Crippen LogP contribution >= 0.6 is 0 Å². The first-order chi connectivity index (χ1) is 25.8. The Balaban J connectivity index is 1.21. The largest absolute Gasteiger partial charge is 0.252 e. The fraction of sp³-hybridized carbons (Fsp3) is 0. The molecule has 238 valence electrons. The molecule has 0 bridgehead atoms. The summed E-state index contributed by atoms with van der Waals surface area (Å²) in [6.07, 6.45) is 7.54. The van der Waals surface area contributed by atoms with E-state index < -0.39 is 0 Å². The third-order valence-corrected chi connectivity index (χ3v) is 10.9. The van der Waals surface area contributed by atoms with E-state index in [4.69, 9.17) is 19.9 Å². The van der Waals surface area contributed by atoms with E-state index in [2.05, 4.69) is 144 Å². The molecule has 0 N–H and O–H groups in total. The lowest BCUT2D eigenvalue weighted by Crippen LogP contribution is -2.31. The van der Waals surface area contributed by atoms with Crippen molar-refractivity contribution in [1.29, 1.82) is 0 Å². The average molecular weight is 661 g/mol. The standard InChI is InChI=1S/C47H26N5/c1-2-10-30-25-38-37(24-29(30)9-1)42-34-12-6-4-8-28(34)14-17-36(42)47-45(38)50-21-22-52(47)32-15-18-40-31(23-32)26-39-41-33-11-5-3-7-27(33)13-16-35(41)43-46(44(39)51-40)49-20-19-48-43/h1-26H/q+1. The number of aromatic nitrogens is 5. The third-order valence-electron chi connectivity index (χ3n) is 10.9. The summed E-state index contributed by atoms with van der Waals surface area (Å²) >= 11 is 0. The van der Waals surface area contributed by atoms with Crippen LogP contribution in [0.2, 0.25) is 0 Å². The Morgan fingerprint density at radius 3 is 1.75 bits per heavy atom. The third kappa shape index (κ3) is 3.74. The number of hydrogen-bond donors (Lipinski definition) is 0. The monoisotopic (exact) mass is 660 g/mol. The van der Waals surface area contributed by atoms with Crippen molar-refractivity contribution in [2.24, 2.45) is 0 Å². The molecule has 0 aliphatic rings. The molecule has 9 aromatic carbocycles. The van der Waals surface area contributed by atoms with Crippen molar-refractivity contribution in [2.75, 3.05) is 0 Å². The van der Waals surface area contributed by atoms with Crippen molar-refractivity contribution < 1.29 is 4.57 Å². The van der Waals surface area contributed by atoms with Crippen molar-refractivity contribution in [3.8, 4) is 5.69 Å². The van der Waals surface area contributed by atoms with Gasteiger partial charge in [-0.3, -0.25) is 9.97 Å². The van der Waals surface area contributed by atoms with Crippen molar-refractivity contribution >= 4 is 109 Å². The summed E-state index contributed by atoms with van der Waals surface area (Å²) in [7, 11) is 0. The predicted octanol–water partition coefficient (Wildman–Crippen LogP) is 11.1. The molecule has 0 saturated heterocycles. The van der Waals surface area contributed by atoms with Crippen molar-refractivity contribution in [3.63, 3.8) is 0 Å². The molecule has 0 unspecified atom stereocenters. The van der Waals surface area contributed by atoms with Gasteiger partial charge < -0.3 is 0 Å². The minimum absolute atomic E-state index is 0.818. The molecular formula is C47H26N5+. The first-order valence-corrected chi connectivity index (χ1v) is 17.5. The highest BCUT2D eigenvalue weighted by atomic mass is 15.0. The number of nitrogens with zero attached hydrogens (tertiary/aromatic N) is 5. The molecule has 0 aliphatic carbocycles. The minimum Gasteiger partial charge on any atom is -0.252 e. The van der Waals surface area contributed by atoms with Gasteiger partial charge >= 0.3 is 0 Å². The van der Waals surface area contributed by atoms with Gasteiger partial charge in [-0.2, -0.15) is 4.57 Å². The highest BCUT2D eigenvalue weighted by Gasteiger charge is 2.23. The fourth-order valence-electron chi connectivity index (χ4n) is 8.65. The van der Waals surface area contributed by atoms with E-state index >= 15 is 0 Å². The molecule has 52 heavy (non-hydrogen) atoms. The van der Waals surface area contributed by atoms with Crippen LogP contribution in [-0.4, -0.2) is 19.9 Å². The van der Waals surface area contributed by atoms with Gasteiger partial charge in [0.2, 0.25) is 11.2 Å². The topological polar surface area (TPSA) is 55.4 Å². The lowest BCUT2D eigenvalue weighted by atomic mass is 9.92. The summed E-state index contributed by atoms with van der Waals surface area (Å²) in [5.74, 6) is 0. The van der Waals surface area contributed by atoms with Gasteiger partial charge in [-0.05, 0) is 68.0 Å². The number of pyridine rings is 1. The predicted molar refractivity (Wildman–Crippen MR) is 214 cm³/mol. The van der Waals surface area contributed by atoms with E-state index in [1.165, 1.54) is 48.5 Å². The van der Waals surface area contributed by atoms with Gasteiger partial charge in [0, 0.05) is 56.8 Å². The van der Waals surface area contributed by atoms with Crippen LogP contribution in [0.3, 0.4) is 0 Å². The summed E-state index contributed by atoms with van der Waals surface area (Å²) in [6.45, 7) is 0. The first-order valence-electron chi connectivity index (χ1n) is 17.5. The maximum absolute atomic E-state index is 5.29. The lowest BCUT2D eigenvalue weighted by molar-refractivity contribution is -0.566. The molecule has 5 nitrogen and oxygen atoms in total. The van der Waals surface area contributed by atoms with Crippen LogP contribution < -0.4 is 4.57 Å². The molecule has 3 aromatic heterocycles. The molecule has 12 rings (SSSR count). The summed E-state index contributed by atoms with van der Waals surface area (Å²) in [4.78, 5) is 20.0. The van der Waals surface area contributed by atoms with Gasteiger partial charge in [0.15, 0.2) is 6.20 Å². The summed E-state index contributed by atoms with van der Waals surface area (Å²) in [5.41, 5.74) is 6.57. The number of benzene rings is 9. The fourth-order valence-corrected chi connectivity index (χ4v) is 8.65. The molecule has 0 saturated carbocycles. The Morgan fingerprint density at radius 2 is 0.981 bits per heavy atom. The Bertz CT molecular complexity index is 3520. The van der Waals surface area contributed by atoms with E-state index in [0.29, 0.717) is 0 Å². The van der Waals surface area contributed by atoms with E-state index in [1.807, 2.05) is 6.20 Å². The molecule has 0 fully saturated rings. The molecular weight excluding hydrogens is 635 g/mol. The van der Waals surface area contributed by atoms with Gasteiger partial charge in [0.05, 0.1) is 28.1 Å². The highest BCUT2D eigenvalue weighted by Crippen LogP contribution is 2.40. The van der Waals surface area contributed by atoms with Crippen LogP contribution in [0, 0.1) is 0 Å². The van der Waals surface area contributed by atoms with Crippen molar-refractivity contribution in [2.45, 2.75) is 0 Å². The maximum Gasteiger partial charge on any atom is 0.245 e. The Kier molecular flexibility index (Phi) is 5.44. The second kappa shape index (κ2) is 10.2. The molecule has 0 aliphatic heterocycles. The molecule has 0 atom stereocenters. The Hall–Kier alpha value is -7.11. The molecule has 0 spiro atoms. The second-order valence-corrected chi connectivity index (χ2v) is 13.7. The zero-order valence-electron chi connectivity index (χ0n) is 27.7. The van der Waals surface area contributed by atoms with Gasteiger partial charge in [-0.1, -0.05) is 91.0 Å². The summed E-state index contributed by atoms with van der Waals surface area (Å²) in [6, 6.07) is 48.2. The Labute approximate surface area is 296 Å². The second-order valence-electron chi connectivity index (χ2n) is 13.7. The van der Waals surface area contributed by atoms with E-state index in [0.717, 1.165) is 65.7 Å². The zero-order valence-corrected chi connectivity index (χ0v) is 27.7. The summed E-state index contributed by atoms with van der Waals surface area (Å²) in [5, 5.41) is 16.4. The van der Waals surface area contributed by atoms with E-state index in [-0.39, 0.29) is 0 Å². The number of rotatable bonds is 1. The lowest BCUT2D eigenvalue weighted by Gasteiger charge is -2.13. The quantitative estimate of drug-likeness (QED) is 0.0999. The minimum atomic E-state index is 0.818. The molecule has 12 aromatic rings. The van der Waals surface area contributed by atoms with E-state index in [1.54, 1.807) is 12.4 Å². The van der Waals surface area contributed by atoms with Gasteiger partial charge in [-0.25, -0.2) is 9.97 Å².